The largest absolute Gasteiger partial charge is 0.455 e. The molecule has 3 heteroatoms. The van der Waals surface area contributed by atoms with Crippen LogP contribution in [0.3, 0.4) is 0 Å². The van der Waals surface area contributed by atoms with Crippen molar-refractivity contribution < 1.29 is 4.74 Å². The molecule has 0 heterocycles. The number of rotatable bonds is 3. The molecule has 0 saturated carbocycles. The zero-order chi connectivity index (χ0) is 23.2. The molecular weight excluding hydrogens is 492 g/mol. The summed E-state index contributed by atoms with van der Waals surface area (Å²) in [6.07, 6.45) is 0. The van der Waals surface area contributed by atoms with Crippen molar-refractivity contribution in [3.05, 3.63) is 106 Å². The maximum absolute atomic E-state index is 6.80. The Hall–Kier alpha value is -2.81. The fourth-order valence-electron chi connectivity index (χ4n) is 4.21. The van der Waals surface area contributed by atoms with E-state index in [1.807, 2.05) is 18.2 Å². The molecule has 33 heavy (non-hydrogen) atoms. The van der Waals surface area contributed by atoms with E-state index in [9.17, 15) is 0 Å². The van der Waals surface area contributed by atoms with Gasteiger partial charge < -0.3 is 4.74 Å². The highest BCUT2D eigenvalue weighted by Gasteiger charge is 2.17. The van der Waals surface area contributed by atoms with E-state index in [1.54, 1.807) is 0 Å². The summed E-state index contributed by atoms with van der Waals surface area (Å²) < 4.78 is 7.23. The van der Waals surface area contributed by atoms with Gasteiger partial charge in [0, 0.05) is 9.86 Å². The van der Waals surface area contributed by atoms with Crippen molar-refractivity contribution in [2.45, 2.75) is 26.2 Å². The first-order chi connectivity index (χ1) is 15.8. The minimum absolute atomic E-state index is 0.119. The summed E-state index contributed by atoms with van der Waals surface area (Å²) in [7, 11) is 0. The fraction of sp³-hybridized carbons (Fsp3) is 0.133. The van der Waals surface area contributed by atoms with Gasteiger partial charge in [0.2, 0.25) is 0 Å². The second-order valence-corrected chi connectivity index (χ2v) is 10.5. The van der Waals surface area contributed by atoms with Gasteiger partial charge in [0.1, 0.15) is 11.5 Å². The maximum atomic E-state index is 6.80. The second kappa shape index (κ2) is 8.52. The molecule has 0 radical (unpaired) electrons. The van der Waals surface area contributed by atoms with Crippen molar-refractivity contribution in [3.8, 4) is 22.6 Å². The molecule has 5 rings (SSSR count). The van der Waals surface area contributed by atoms with Crippen molar-refractivity contribution in [2.24, 2.45) is 0 Å². The first-order valence-electron chi connectivity index (χ1n) is 11.0. The van der Waals surface area contributed by atoms with Gasteiger partial charge in [-0.3, -0.25) is 0 Å². The third-order valence-corrected chi connectivity index (χ3v) is 7.49. The smallest absolute Gasteiger partial charge is 0.147 e. The van der Waals surface area contributed by atoms with E-state index in [1.165, 1.54) is 10.9 Å². The van der Waals surface area contributed by atoms with E-state index in [0.717, 1.165) is 37.5 Å². The van der Waals surface area contributed by atoms with Gasteiger partial charge in [-0.15, -0.1) is 0 Å². The van der Waals surface area contributed by atoms with E-state index in [0.29, 0.717) is 10.8 Å². The van der Waals surface area contributed by atoms with E-state index < -0.39 is 0 Å². The highest BCUT2D eigenvalue weighted by molar-refractivity contribution is 9.10. The summed E-state index contributed by atoms with van der Waals surface area (Å²) in [6.45, 7) is 6.66. The van der Waals surface area contributed by atoms with Crippen LogP contribution in [0.25, 0.3) is 32.7 Å². The van der Waals surface area contributed by atoms with Gasteiger partial charge in [-0.05, 0) is 72.4 Å². The molecule has 0 bridgehead atoms. The van der Waals surface area contributed by atoms with E-state index in [-0.39, 0.29) is 5.41 Å². The molecule has 0 amide bonds. The number of hydrogen-bond acceptors (Lipinski definition) is 1. The van der Waals surface area contributed by atoms with Crippen LogP contribution in [0.4, 0.5) is 0 Å². The fourth-order valence-corrected chi connectivity index (χ4v) is 4.97. The SMILES string of the molecule is CC(C)(C)c1ccc(-c2ccc(Oc3cc4ccccc4c4ccccc34)c(Cl)c2Br)cc1. The van der Waals surface area contributed by atoms with Crippen molar-refractivity contribution in [1.82, 2.24) is 0 Å². The zero-order valence-corrected chi connectivity index (χ0v) is 21.2. The first kappa shape index (κ1) is 22.0. The minimum atomic E-state index is 0.119. The molecule has 0 spiro atoms. The quantitative estimate of drug-likeness (QED) is 0.217. The summed E-state index contributed by atoms with van der Waals surface area (Å²) in [5.41, 5.74) is 3.57. The Morgan fingerprint density at radius 1 is 0.697 bits per heavy atom. The lowest BCUT2D eigenvalue weighted by Crippen LogP contribution is -2.10. The Kier molecular flexibility index (Phi) is 5.68. The first-order valence-corrected chi connectivity index (χ1v) is 12.2. The Morgan fingerprint density at radius 3 is 2.03 bits per heavy atom. The average molecular weight is 516 g/mol. The van der Waals surface area contributed by atoms with Crippen LogP contribution < -0.4 is 4.74 Å². The molecule has 5 aromatic carbocycles. The maximum Gasteiger partial charge on any atom is 0.147 e. The van der Waals surface area contributed by atoms with Crippen LogP contribution in [0.5, 0.6) is 11.5 Å². The molecule has 0 aliphatic carbocycles. The molecule has 5 aromatic rings. The molecular formula is C30H24BrClO. The molecule has 0 aromatic heterocycles. The molecule has 164 valence electrons. The van der Waals surface area contributed by atoms with Gasteiger partial charge in [0.15, 0.2) is 0 Å². The van der Waals surface area contributed by atoms with Crippen LogP contribution in [-0.4, -0.2) is 0 Å². The van der Waals surface area contributed by atoms with Gasteiger partial charge in [-0.1, -0.05) is 105 Å². The lowest BCUT2D eigenvalue weighted by atomic mass is 9.86. The third kappa shape index (κ3) is 4.14. The third-order valence-electron chi connectivity index (χ3n) is 6.06. The Balaban J connectivity index is 1.55. The van der Waals surface area contributed by atoms with Gasteiger partial charge in [-0.25, -0.2) is 0 Å². The Bertz CT molecular complexity index is 1480. The van der Waals surface area contributed by atoms with Crippen molar-refractivity contribution in [2.75, 3.05) is 0 Å². The summed E-state index contributed by atoms with van der Waals surface area (Å²) in [5, 5.41) is 5.13. The number of halogens is 2. The Morgan fingerprint density at radius 2 is 1.33 bits per heavy atom. The van der Waals surface area contributed by atoms with Crippen molar-refractivity contribution in [3.63, 3.8) is 0 Å². The molecule has 0 aliphatic heterocycles. The van der Waals surface area contributed by atoms with E-state index in [2.05, 4.69) is 109 Å². The Labute approximate surface area is 208 Å². The van der Waals surface area contributed by atoms with E-state index in [4.69, 9.17) is 16.3 Å². The summed E-state index contributed by atoms with van der Waals surface area (Å²) in [4.78, 5) is 0. The lowest BCUT2D eigenvalue weighted by molar-refractivity contribution is 0.489. The predicted molar refractivity (Wildman–Crippen MR) is 145 cm³/mol. The second-order valence-electron chi connectivity index (χ2n) is 9.31. The predicted octanol–water partition coefficient (Wildman–Crippen LogP) is 10.2. The van der Waals surface area contributed by atoms with Gasteiger partial charge >= 0.3 is 0 Å². The molecule has 0 atom stereocenters. The van der Waals surface area contributed by atoms with Gasteiger partial charge in [0.05, 0.1) is 5.02 Å². The minimum Gasteiger partial charge on any atom is -0.455 e. The summed E-state index contributed by atoms with van der Waals surface area (Å²) in [6, 6.07) is 31.4. The highest BCUT2D eigenvalue weighted by Crippen LogP contribution is 2.43. The monoisotopic (exact) mass is 514 g/mol. The molecule has 0 N–H and O–H groups in total. The van der Waals surface area contributed by atoms with Gasteiger partial charge in [-0.2, -0.15) is 0 Å². The van der Waals surface area contributed by atoms with E-state index >= 15 is 0 Å². The van der Waals surface area contributed by atoms with Crippen molar-refractivity contribution in [1.29, 1.82) is 0 Å². The molecule has 0 fully saturated rings. The lowest BCUT2D eigenvalue weighted by Gasteiger charge is -2.19. The molecule has 0 unspecified atom stereocenters. The topological polar surface area (TPSA) is 9.23 Å². The summed E-state index contributed by atoms with van der Waals surface area (Å²) in [5.74, 6) is 1.42. The number of benzene rings is 5. The van der Waals surface area contributed by atoms with Crippen LogP contribution in [0.15, 0.2) is 95.5 Å². The highest BCUT2D eigenvalue weighted by atomic mass is 79.9. The van der Waals surface area contributed by atoms with Crippen molar-refractivity contribution >= 4 is 49.1 Å². The molecule has 0 saturated heterocycles. The van der Waals surface area contributed by atoms with Gasteiger partial charge in [0.25, 0.3) is 0 Å². The number of fused-ring (bicyclic) bond motifs is 3. The number of hydrogen-bond donors (Lipinski definition) is 0. The van der Waals surface area contributed by atoms with Crippen LogP contribution in [-0.2, 0) is 5.41 Å². The van der Waals surface area contributed by atoms with Crippen LogP contribution in [0.1, 0.15) is 26.3 Å². The van der Waals surface area contributed by atoms with Crippen LogP contribution in [0.2, 0.25) is 5.02 Å². The average Bonchev–Trinajstić information content (AvgIpc) is 2.82. The zero-order valence-electron chi connectivity index (χ0n) is 18.8. The standard InChI is InChI=1S/C30H24BrClO/c1-30(2,3)21-14-12-19(13-15-21)23-16-17-26(29(32)28(23)31)33-27-18-20-8-4-5-9-22(20)24-10-6-7-11-25(24)27/h4-18H,1-3H3. The summed E-state index contributed by atoms with van der Waals surface area (Å²) >= 11 is 10.5. The van der Waals surface area contributed by atoms with Crippen LogP contribution in [0, 0.1) is 0 Å². The van der Waals surface area contributed by atoms with Crippen LogP contribution >= 0.6 is 27.5 Å². The number of ether oxygens (including phenoxy) is 1. The molecule has 0 aliphatic rings. The molecule has 1 nitrogen and oxygen atoms in total. The normalized spacial score (nSPS) is 11.8.